The molecule has 0 bridgehead atoms. The molecule has 1 saturated heterocycles. The summed E-state index contributed by atoms with van der Waals surface area (Å²) in [5.41, 5.74) is 7.10. The van der Waals surface area contributed by atoms with Gasteiger partial charge in [0.1, 0.15) is 0 Å². The smallest absolute Gasteiger partial charge is 0.399 e. The van der Waals surface area contributed by atoms with Gasteiger partial charge in [-0.2, -0.15) is 0 Å². The first-order valence-corrected chi connectivity index (χ1v) is 16.6. The summed E-state index contributed by atoms with van der Waals surface area (Å²) in [6, 6.07) is 45.7. The molecule has 2 heterocycles. The van der Waals surface area contributed by atoms with E-state index in [1.807, 2.05) is 20.0 Å². The molecule has 1 aliphatic rings. The van der Waals surface area contributed by atoms with Gasteiger partial charge in [-0.15, -0.1) is 0 Å². The summed E-state index contributed by atoms with van der Waals surface area (Å²) < 4.78 is 12.6. The van der Waals surface area contributed by atoms with Gasteiger partial charge in [-0.1, -0.05) is 135 Å². The Labute approximate surface area is 278 Å². The molecule has 3 nitrogen and oxygen atoms in total. The van der Waals surface area contributed by atoms with Gasteiger partial charge in [0.15, 0.2) is 0 Å². The molecule has 4 heteroatoms. The molecular formula is C43H40BNO2. The lowest BCUT2D eigenvalue weighted by Crippen LogP contribution is -2.41. The van der Waals surface area contributed by atoms with Crippen molar-refractivity contribution in [3.63, 3.8) is 0 Å². The number of fused-ring (bicyclic) bond motifs is 3. The van der Waals surface area contributed by atoms with Crippen molar-refractivity contribution in [1.29, 1.82) is 0 Å². The van der Waals surface area contributed by atoms with Crippen molar-refractivity contribution in [1.82, 2.24) is 4.98 Å². The van der Waals surface area contributed by atoms with Crippen LogP contribution in [0.1, 0.15) is 41.5 Å². The maximum atomic E-state index is 6.30. The van der Waals surface area contributed by atoms with Gasteiger partial charge in [-0.05, 0) is 88.3 Å². The van der Waals surface area contributed by atoms with Crippen molar-refractivity contribution in [2.24, 2.45) is 0 Å². The van der Waals surface area contributed by atoms with E-state index >= 15 is 0 Å². The van der Waals surface area contributed by atoms with Crippen LogP contribution in [0.25, 0.3) is 65.8 Å². The summed E-state index contributed by atoms with van der Waals surface area (Å²) >= 11 is 0. The molecule has 1 fully saturated rings. The van der Waals surface area contributed by atoms with Crippen molar-refractivity contribution in [3.8, 4) is 33.5 Å². The first-order valence-electron chi connectivity index (χ1n) is 16.6. The van der Waals surface area contributed by atoms with Gasteiger partial charge >= 0.3 is 7.12 Å². The quantitative estimate of drug-likeness (QED) is 0.146. The van der Waals surface area contributed by atoms with Crippen molar-refractivity contribution >= 4 is 44.9 Å². The van der Waals surface area contributed by atoms with Crippen molar-refractivity contribution < 1.29 is 9.31 Å². The minimum atomic E-state index is -0.440. The highest BCUT2D eigenvalue weighted by Crippen LogP contribution is 2.44. The van der Waals surface area contributed by atoms with Gasteiger partial charge in [0.05, 0.1) is 16.9 Å². The second-order valence-corrected chi connectivity index (χ2v) is 13.0. The van der Waals surface area contributed by atoms with Crippen LogP contribution in [0.4, 0.5) is 0 Å². The van der Waals surface area contributed by atoms with E-state index in [0.29, 0.717) is 0 Å². The summed E-state index contributed by atoms with van der Waals surface area (Å²) in [6.45, 7) is 12.3. The minimum Gasteiger partial charge on any atom is -0.399 e. The minimum absolute atomic E-state index is 0.397. The fourth-order valence-corrected chi connectivity index (χ4v) is 6.68. The summed E-state index contributed by atoms with van der Waals surface area (Å²) in [7, 11) is -0.440. The maximum Gasteiger partial charge on any atom is 0.496 e. The average molecular weight is 614 g/mol. The Morgan fingerprint density at radius 3 is 1.53 bits per heavy atom. The summed E-state index contributed by atoms with van der Waals surface area (Å²) in [4.78, 5) is 5.00. The van der Waals surface area contributed by atoms with E-state index in [2.05, 4.69) is 155 Å². The Hall–Kier alpha value is -4.77. The molecule has 0 aliphatic carbocycles. The number of nitrogens with zero attached hydrogens (tertiary/aromatic N) is 1. The number of aromatic nitrogens is 1. The summed E-state index contributed by atoms with van der Waals surface area (Å²) in [5.74, 6) is 0. The molecule has 1 aliphatic heterocycles. The highest BCUT2D eigenvalue weighted by atomic mass is 16.7. The van der Waals surface area contributed by atoms with E-state index < -0.39 is 18.3 Å². The highest BCUT2D eigenvalue weighted by molar-refractivity contribution is 6.62. The lowest BCUT2D eigenvalue weighted by molar-refractivity contribution is 0.00578. The molecule has 8 rings (SSSR count). The molecule has 6 aromatic carbocycles. The highest BCUT2D eigenvalue weighted by Gasteiger charge is 2.51. The van der Waals surface area contributed by atoms with Crippen LogP contribution in [0.15, 0.2) is 134 Å². The van der Waals surface area contributed by atoms with Crippen LogP contribution in [0, 0.1) is 0 Å². The first-order chi connectivity index (χ1) is 22.8. The topological polar surface area (TPSA) is 31.4 Å². The van der Waals surface area contributed by atoms with Crippen LogP contribution in [-0.2, 0) is 9.31 Å². The molecule has 0 radical (unpaired) electrons. The average Bonchev–Trinajstić information content (AvgIpc) is 3.33. The van der Waals surface area contributed by atoms with Gasteiger partial charge in [-0.25, -0.2) is 0 Å². The zero-order valence-corrected chi connectivity index (χ0v) is 28.0. The molecule has 0 spiro atoms. The van der Waals surface area contributed by atoms with E-state index in [-0.39, 0.29) is 0 Å². The van der Waals surface area contributed by atoms with Gasteiger partial charge in [0, 0.05) is 17.2 Å². The van der Waals surface area contributed by atoms with E-state index in [9.17, 15) is 0 Å². The van der Waals surface area contributed by atoms with E-state index in [0.717, 1.165) is 16.7 Å². The van der Waals surface area contributed by atoms with Crippen LogP contribution in [0.5, 0.6) is 0 Å². The Balaban J connectivity index is 0.00000172. The third-order valence-electron chi connectivity index (χ3n) is 9.77. The maximum absolute atomic E-state index is 6.30. The predicted molar refractivity (Wildman–Crippen MR) is 200 cm³/mol. The van der Waals surface area contributed by atoms with Crippen LogP contribution in [0.2, 0.25) is 0 Å². The summed E-state index contributed by atoms with van der Waals surface area (Å²) in [5, 5.41) is 7.30. The van der Waals surface area contributed by atoms with Gasteiger partial charge in [-0.3, -0.25) is 4.98 Å². The van der Waals surface area contributed by atoms with Crippen LogP contribution >= 0.6 is 0 Å². The van der Waals surface area contributed by atoms with Crippen LogP contribution in [0.3, 0.4) is 0 Å². The van der Waals surface area contributed by atoms with Crippen molar-refractivity contribution in [2.75, 3.05) is 0 Å². The van der Waals surface area contributed by atoms with Crippen molar-refractivity contribution in [2.45, 2.75) is 52.7 Å². The molecule has 0 atom stereocenters. The standard InChI is InChI=1S/C41H34BNO2.C2H6/c1-40(2)41(3,4)45-42(44-40)30-24-25-37(43-26-30)39-35-17-9-7-15-33(35)38(34-16-8-10-18-36(34)39)29-22-20-28(21-23-29)32-19-11-13-27-12-5-6-14-31(27)32;1-2/h5-26H,1-4H3;1-2H3. The Morgan fingerprint density at radius 2 is 0.979 bits per heavy atom. The molecule has 0 N–H and O–H groups in total. The second kappa shape index (κ2) is 12.1. The van der Waals surface area contributed by atoms with Gasteiger partial charge in [0.2, 0.25) is 0 Å². The lowest BCUT2D eigenvalue weighted by atomic mass is 9.80. The fraction of sp³-hybridized carbons (Fsp3) is 0.186. The Kier molecular flexibility index (Phi) is 7.95. The normalized spacial score (nSPS) is 15.1. The number of pyridine rings is 1. The molecule has 47 heavy (non-hydrogen) atoms. The third kappa shape index (κ3) is 5.32. The van der Waals surface area contributed by atoms with Gasteiger partial charge in [0.25, 0.3) is 0 Å². The molecular weight excluding hydrogens is 573 g/mol. The molecule has 7 aromatic rings. The third-order valence-corrected chi connectivity index (χ3v) is 9.77. The second-order valence-electron chi connectivity index (χ2n) is 13.0. The lowest BCUT2D eigenvalue weighted by Gasteiger charge is -2.32. The number of hydrogen-bond donors (Lipinski definition) is 0. The van der Waals surface area contributed by atoms with Crippen molar-refractivity contribution in [3.05, 3.63) is 134 Å². The Bertz CT molecular complexity index is 2140. The zero-order valence-electron chi connectivity index (χ0n) is 28.0. The molecule has 1 aromatic heterocycles. The predicted octanol–water partition coefficient (Wildman–Crippen LogP) is 10.9. The fourth-order valence-electron chi connectivity index (χ4n) is 6.68. The SMILES string of the molecule is CC.CC1(C)OB(c2ccc(-c3c4ccccc4c(-c4ccc(-c5cccc6ccccc56)cc4)c4ccccc34)nc2)OC1(C)C. The Morgan fingerprint density at radius 1 is 0.489 bits per heavy atom. The zero-order chi connectivity index (χ0) is 32.8. The van der Waals surface area contributed by atoms with E-state index in [4.69, 9.17) is 14.3 Å². The molecule has 0 unspecified atom stereocenters. The first kappa shape index (κ1) is 30.9. The number of rotatable bonds is 4. The monoisotopic (exact) mass is 613 g/mol. The largest absolute Gasteiger partial charge is 0.496 e. The van der Waals surface area contributed by atoms with E-state index in [1.54, 1.807) is 0 Å². The van der Waals surface area contributed by atoms with E-state index in [1.165, 1.54) is 54.6 Å². The van der Waals surface area contributed by atoms with Crippen LogP contribution < -0.4 is 5.46 Å². The summed E-state index contributed by atoms with van der Waals surface area (Å²) in [6.07, 6.45) is 1.90. The molecule has 0 saturated carbocycles. The molecule has 0 amide bonds. The molecule has 232 valence electrons. The number of hydrogen-bond acceptors (Lipinski definition) is 3. The van der Waals surface area contributed by atoms with Crippen LogP contribution in [-0.4, -0.2) is 23.3 Å². The number of benzene rings is 6. The van der Waals surface area contributed by atoms with Gasteiger partial charge < -0.3 is 9.31 Å².